The van der Waals surface area contributed by atoms with E-state index >= 15 is 0 Å². The second-order valence-electron chi connectivity index (χ2n) is 2.61. The molecule has 67 valence electrons. The smallest absolute Gasteiger partial charge is 0.0780 e. The third-order valence-corrected chi connectivity index (χ3v) is 1.40. The average Bonchev–Trinajstić information content (AvgIpc) is 1.99. The highest BCUT2D eigenvalue weighted by Gasteiger charge is 1.98. The van der Waals surface area contributed by atoms with Crippen molar-refractivity contribution in [2.24, 2.45) is 0 Å². The summed E-state index contributed by atoms with van der Waals surface area (Å²) in [4.78, 5) is 0. The summed E-state index contributed by atoms with van der Waals surface area (Å²) < 4.78 is 10.5. The molecule has 0 bridgehead atoms. The zero-order valence-electron chi connectivity index (χ0n) is 7.64. The van der Waals surface area contributed by atoms with E-state index in [0.29, 0.717) is 13.2 Å². The van der Waals surface area contributed by atoms with Crippen molar-refractivity contribution in [2.75, 3.05) is 19.8 Å². The quantitative estimate of drug-likeness (QED) is 0.529. The average molecular weight is 159 g/mol. The van der Waals surface area contributed by atoms with Gasteiger partial charge >= 0.3 is 0 Å². The Hall–Kier alpha value is -0.0800. The molecule has 0 amide bonds. The molecule has 11 heavy (non-hydrogen) atoms. The molecule has 0 saturated carbocycles. The Morgan fingerprint density at radius 1 is 1.45 bits per heavy atom. The summed E-state index contributed by atoms with van der Waals surface area (Å²) in [5.41, 5.74) is 0. The van der Waals surface area contributed by atoms with Gasteiger partial charge < -0.3 is 9.47 Å². The van der Waals surface area contributed by atoms with Crippen LogP contribution < -0.4 is 0 Å². The van der Waals surface area contributed by atoms with Gasteiger partial charge in [0.05, 0.1) is 12.7 Å². The molecule has 0 rings (SSSR count). The van der Waals surface area contributed by atoms with Gasteiger partial charge in [-0.15, -0.1) is 0 Å². The predicted octanol–water partition coefficient (Wildman–Crippen LogP) is 2.04. The van der Waals surface area contributed by atoms with Gasteiger partial charge in [-0.1, -0.05) is 13.3 Å². The molecule has 1 atom stereocenters. The number of ether oxygens (including phenoxy) is 2. The van der Waals surface area contributed by atoms with Gasteiger partial charge in [0.1, 0.15) is 0 Å². The minimum absolute atomic E-state index is 0.185. The van der Waals surface area contributed by atoms with E-state index in [4.69, 9.17) is 9.47 Å². The molecule has 0 aromatic rings. The van der Waals surface area contributed by atoms with E-state index in [2.05, 4.69) is 13.8 Å². The second-order valence-corrected chi connectivity index (χ2v) is 2.61. The monoisotopic (exact) mass is 159 g/mol. The van der Waals surface area contributed by atoms with E-state index in [1.54, 1.807) is 0 Å². The lowest BCUT2D eigenvalue weighted by atomic mass is 10.3. The van der Waals surface area contributed by atoms with Crippen LogP contribution in [0.1, 0.15) is 26.7 Å². The summed E-state index contributed by atoms with van der Waals surface area (Å²) in [6.07, 6.45) is 2.51. The van der Waals surface area contributed by atoms with Crippen molar-refractivity contribution in [1.29, 1.82) is 0 Å². The molecule has 0 aliphatic heterocycles. The van der Waals surface area contributed by atoms with Gasteiger partial charge in [0, 0.05) is 13.2 Å². The van der Waals surface area contributed by atoms with E-state index in [9.17, 15) is 0 Å². The Morgan fingerprint density at radius 2 is 2.18 bits per heavy atom. The molecule has 2 heteroatoms. The normalized spacial score (nSPS) is 13.4. The minimum Gasteiger partial charge on any atom is -0.379 e. The lowest BCUT2D eigenvalue weighted by Crippen LogP contribution is -2.16. The van der Waals surface area contributed by atoms with Crippen molar-refractivity contribution in [2.45, 2.75) is 32.8 Å². The minimum atomic E-state index is 0.185. The van der Waals surface area contributed by atoms with Gasteiger partial charge in [0.2, 0.25) is 0 Å². The molecular weight excluding hydrogens is 140 g/mol. The van der Waals surface area contributed by atoms with E-state index < -0.39 is 0 Å². The summed E-state index contributed by atoms with van der Waals surface area (Å²) >= 11 is 0. The van der Waals surface area contributed by atoms with Crippen LogP contribution in [0, 0.1) is 6.92 Å². The molecular formula is C9H19O2. The Balaban J connectivity index is 2.97. The number of hydrogen-bond acceptors (Lipinski definition) is 2. The highest BCUT2D eigenvalue weighted by Crippen LogP contribution is 1.93. The lowest BCUT2D eigenvalue weighted by Gasteiger charge is -2.11. The van der Waals surface area contributed by atoms with Crippen LogP contribution in [0.25, 0.3) is 0 Å². The maximum absolute atomic E-state index is 5.34. The molecule has 0 saturated heterocycles. The van der Waals surface area contributed by atoms with Crippen molar-refractivity contribution >= 4 is 0 Å². The van der Waals surface area contributed by atoms with Crippen LogP contribution in [0.15, 0.2) is 0 Å². The van der Waals surface area contributed by atoms with Gasteiger partial charge in [-0.2, -0.15) is 0 Å². The first-order chi connectivity index (χ1) is 5.31. The Morgan fingerprint density at radius 3 is 2.73 bits per heavy atom. The van der Waals surface area contributed by atoms with Gasteiger partial charge in [-0.25, -0.2) is 0 Å². The Bertz CT molecular complexity index is 74.0. The molecule has 0 aliphatic rings. The molecule has 0 aromatic heterocycles. The van der Waals surface area contributed by atoms with E-state index in [-0.39, 0.29) is 6.10 Å². The molecule has 0 heterocycles. The fourth-order valence-corrected chi connectivity index (χ4v) is 0.745. The van der Waals surface area contributed by atoms with Crippen LogP contribution >= 0.6 is 0 Å². The largest absolute Gasteiger partial charge is 0.379 e. The van der Waals surface area contributed by atoms with Crippen LogP contribution in [-0.4, -0.2) is 25.9 Å². The zero-order valence-corrected chi connectivity index (χ0v) is 7.64. The maximum Gasteiger partial charge on any atom is 0.0780 e. The number of hydrogen-bond donors (Lipinski definition) is 0. The number of unbranched alkanes of at least 4 members (excludes halogenated alkanes) is 1. The summed E-state index contributed by atoms with van der Waals surface area (Å²) in [5, 5.41) is 0. The second kappa shape index (κ2) is 8.02. The van der Waals surface area contributed by atoms with Crippen LogP contribution in [0.3, 0.4) is 0 Å². The molecule has 0 spiro atoms. The van der Waals surface area contributed by atoms with E-state index in [1.807, 2.05) is 6.92 Å². The van der Waals surface area contributed by atoms with E-state index in [1.165, 1.54) is 6.42 Å². The highest BCUT2D eigenvalue weighted by molar-refractivity contribution is 4.47. The first-order valence-corrected chi connectivity index (χ1v) is 4.29. The first-order valence-electron chi connectivity index (χ1n) is 4.29. The summed E-state index contributed by atoms with van der Waals surface area (Å²) in [6, 6.07) is 0. The van der Waals surface area contributed by atoms with Gasteiger partial charge in [-0.3, -0.25) is 0 Å². The first kappa shape index (κ1) is 10.9. The van der Waals surface area contributed by atoms with Crippen molar-refractivity contribution in [1.82, 2.24) is 0 Å². The predicted molar refractivity (Wildman–Crippen MR) is 46.5 cm³/mol. The Labute approximate surface area is 69.9 Å². The Kier molecular flexibility index (Phi) is 7.96. The van der Waals surface area contributed by atoms with Crippen LogP contribution in [0.5, 0.6) is 0 Å². The van der Waals surface area contributed by atoms with Crippen molar-refractivity contribution in [3.63, 3.8) is 0 Å². The molecule has 1 unspecified atom stereocenters. The molecule has 1 radical (unpaired) electrons. The van der Waals surface area contributed by atoms with Crippen molar-refractivity contribution < 1.29 is 9.47 Å². The molecule has 0 aromatic carbocycles. The van der Waals surface area contributed by atoms with Crippen LogP contribution in [0.4, 0.5) is 0 Å². The third kappa shape index (κ3) is 7.82. The SMILES string of the molecule is [CH2]COC(C)COCCCC. The molecule has 0 aliphatic carbocycles. The standard InChI is InChI=1S/C9H19O2/c1-4-6-7-10-8-9(3)11-5-2/h9H,2,4-8H2,1,3H3. The van der Waals surface area contributed by atoms with Gasteiger partial charge in [-0.05, 0) is 20.3 Å². The summed E-state index contributed by atoms with van der Waals surface area (Å²) in [7, 11) is 0. The molecule has 0 fully saturated rings. The van der Waals surface area contributed by atoms with Crippen molar-refractivity contribution in [3.05, 3.63) is 6.92 Å². The topological polar surface area (TPSA) is 18.5 Å². The molecule has 2 nitrogen and oxygen atoms in total. The fraction of sp³-hybridized carbons (Fsp3) is 0.889. The lowest BCUT2D eigenvalue weighted by molar-refractivity contribution is 0.00324. The number of rotatable bonds is 7. The van der Waals surface area contributed by atoms with Gasteiger partial charge in [0.25, 0.3) is 0 Å². The fourth-order valence-electron chi connectivity index (χ4n) is 0.745. The van der Waals surface area contributed by atoms with Crippen LogP contribution in [-0.2, 0) is 9.47 Å². The highest BCUT2D eigenvalue weighted by atomic mass is 16.5. The van der Waals surface area contributed by atoms with Crippen LogP contribution in [0.2, 0.25) is 0 Å². The zero-order chi connectivity index (χ0) is 8.53. The van der Waals surface area contributed by atoms with E-state index in [0.717, 1.165) is 13.0 Å². The maximum atomic E-state index is 5.34. The van der Waals surface area contributed by atoms with Crippen molar-refractivity contribution in [3.8, 4) is 0 Å². The summed E-state index contributed by atoms with van der Waals surface area (Å²) in [6.45, 7) is 9.81. The van der Waals surface area contributed by atoms with Gasteiger partial charge in [0.15, 0.2) is 0 Å². The molecule has 0 N–H and O–H groups in total. The third-order valence-electron chi connectivity index (χ3n) is 1.40. The summed E-state index contributed by atoms with van der Waals surface area (Å²) in [5.74, 6) is 0.